The number of hydrogen-bond donors (Lipinski definition) is 0. The lowest BCUT2D eigenvalue weighted by Crippen LogP contribution is -2.21. The van der Waals surface area contributed by atoms with Crippen molar-refractivity contribution in [2.45, 2.75) is 13.1 Å². The Morgan fingerprint density at radius 2 is 2.04 bits per heavy atom. The molecule has 0 bridgehead atoms. The lowest BCUT2D eigenvalue weighted by molar-refractivity contribution is -0.145. The van der Waals surface area contributed by atoms with Crippen LogP contribution in [0.1, 0.15) is 11.4 Å². The average molecular weight is 346 g/mol. The van der Waals surface area contributed by atoms with Gasteiger partial charge in [-0.25, -0.2) is 9.78 Å². The molecule has 6 nitrogen and oxygen atoms in total. The van der Waals surface area contributed by atoms with E-state index in [1.165, 1.54) is 6.07 Å². The fraction of sp³-hybridized carbons (Fsp3) is 0.154. The number of rotatable bonds is 2. The minimum absolute atomic E-state index is 0.228. The van der Waals surface area contributed by atoms with Crippen molar-refractivity contribution < 1.29 is 22.4 Å². The van der Waals surface area contributed by atoms with Crippen LogP contribution in [0.3, 0.4) is 0 Å². The first-order valence-electron chi connectivity index (χ1n) is 6.17. The molecule has 0 atom stereocenters. The van der Waals surface area contributed by atoms with Crippen LogP contribution in [0, 0.1) is 6.92 Å². The van der Waals surface area contributed by atoms with Gasteiger partial charge in [-0.2, -0.15) is 18.2 Å². The Kier molecular flexibility index (Phi) is 3.52. The fourth-order valence-electron chi connectivity index (χ4n) is 1.95. The number of para-hydroxylation sites is 1. The van der Waals surface area contributed by atoms with Gasteiger partial charge in [-0.3, -0.25) is 0 Å². The van der Waals surface area contributed by atoms with Crippen molar-refractivity contribution in [2.75, 3.05) is 0 Å². The molecule has 2 heterocycles. The van der Waals surface area contributed by atoms with E-state index in [0.29, 0.717) is 10.3 Å². The van der Waals surface area contributed by atoms with Crippen LogP contribution in [0.4, 0.5) is 13.2 Å². The zero-order chi connectivity index (χ0) is 16.8. The van der Waals surface area contributed by atoms with Crippen LogP contribution in [-0.4, -0.2) is 14.7 Å². The highest BCUT2D eigenvalue weighted by Gasteiger charge is 2.35. The molecule has 0 unspecified atom stereocenters. The molecule has 3 aromatic rings. The van der Waals surface area contributed by atoms with Gasteiger partial charge in [-0.1, -0.05) is 23.7 Å². The molecular formula is C13H7ClF3N3O3. The molecular weight excluding hydrogens is 339 g/mol. The number of oxazole rings is 1. The molecule has 0 spiro atoms. The summed E-state index contributed by atoms with van der Waals surface area (Å²) in [4.78, 5) is 23.3. The Hall–Kier alpha value is -2.55. The first-order valence-corrected chi connectivity index (χ1v) is 6.55. The van der Waals surface area contributed by atoms with E-state index in [-0.39, 0.29) is 11.1 Å². The van der Waals surface area contributed by atoms with Crippen molar-refractivity contribution in [3.63, 3.8) is 0 Å². The van der Waals surface area contributed by atoms with Crippen molar-refractivity contribution in [3.05, 3.63) is 51.4 Å². The lowest BCUT2D eigenvalue weighted by atomic mass is 10.2. The second-order valence-electron chi connectivity index (χ2n) is 4.53. The van der Waals surface area contributed by atoms with Gasteiger partial charge in [0.1, 0.15) is 10.7 Å². The maximum absolute atomic E-state index is 12.7. The number of nitrogens with zero attached hydrogens (tertiary/aromatic N) is 3. The van der Waals surface area contributed by atoms with Crippen molar-refractivity contribution >= 4 is 22.7 Å². The number of aromatic nitrogens is 3. The van der Waals surface area contributed by atoms with Crippen molar-refractivity contribution in [1.82, 2.24) is 14.7 Å². The molecule has 0 radical (unpaired) electrons. The molecule has 0 saturated heterocycles. The lowest BCUT2D eigenvalue weighted by Gasteiger charge is -2.09. The summed E-state index contributed by atoms with van der Waals surface area (Å²) in [5.74, 6) is -2.92. The number of hydrogen-bond acceptors (Lipinski definition) is 5. The number of aryl methyl sites for hydroxylation is 1. The quantitative estimate of drug-likeness (QED) is 0.667. The smallest absolute Gasteiger partial charge is 0.405 e. The van der Waals surface area contributed by atoms with Crippen LogP contribution in [0.25, 0.3) is 11.1 Å². The molecule has 0 aliphatic rings. The topological polar surface area (TPSA) is 70.2 Å². The van der Waals surface area contributed by atoms with Crippen LogP contribution >= 0.6 is 11.6 Å². The number of alkyl halides is 3. The van der Waals surface area contributed by atoms with E-state index >= 15 is 0 Å². The Morgan fingerprint density at radius 3 is 2.74 bits per heavy atom. The summed E-state index contributed by atoms with van der Waals surface area (Å²) in [5.41, 5.74) is 1.14. The molecule has 10 heteroatoms. The number of fused-ring (bicyclic) bond motifs is 1. The monoisotopic (exact) mass is 345 g/mol. The van der Waals surface area contributed by atoms with E-state index in [0.717, 1.165) is 6.07 Å². The van der Waals surface area contributed by atoms with Gasteiger partial charge in [0.2, 0.25) is 5.82 Å². The highest BCUT2D eigenvalue weighted by Crippen LogP contribution is 2.29. The summed E-state index contributed by atoms with van der Waals surface area (Å²) in [6.45, 7) is 1.69. The maximum atomic E-state index is 12.7. The summed E-state index contributed by atoms with van der Waals surface area (Å²) in [7, 11) is 0. The van der Waals surface area contributed by atoms with E-state index in [2.05, 4.69) is 9.97 Å². The van der Waals surface area contributed by atoms with Gasteiger partial charge < -0.3 is 9.25 Å². The Balaban J connectivity index is 2.12. The van der Waals surface area contributed by atoms with Crippen molar-refractivity contribution in [3.8, 4) is 5.88 Å². The molecule has 0 saturated carbocycles. The Morgan fingerprint density at radius 1 is 1.30 bits per heavy atom. The van der Waals surface area contributed by atoms with E-state index in [1.54, 1.807) is 19.1 Å². The fourth-order valence-corrected chi connectivity index (χ4v) is 2.12. The number of benzene rings is 1. The molecule has 2 aromatic heterocycles. The predicted molar refractivity (Wildman–Crippen MR) is 73.3 cm³/mol. The van der Waals surface area contributed by atoms with E-state index in [9.17, 15) is 18.0 Å². The van der Waals surface area contributed by atoms with Gasteiger partial charge in [0.05, 0.1) is 0 Å². The molecule has 0 N–H and O–H groups in total. The van der Waals surface area contributed by atoms with Gasteiger partial charge in [-0.05, 0) is 18.6 Å². The van der Waals surface area contributed by atoms with Crippen molar-refractivity contribution in [1.29, 1.82) is 0 Å². The zero-order valence-corrected chi connectivity index (χ0v) is 12.1. The van der Waals surface area contributed by atoms with Gasteiger partial charge >= 0.3 is 11.9 Å². The van der Waals surface area contributed by atoms with Crippen LogP contribution in [-0.2, 0) is 6.18 Å². The average Bonchev–Trinajstić information content (AvgIpc) is 2.75. The molecule has 0 fully saturated rings. The summed E-state index contributed by atoms with van der Waals surface area (Å²) in [6.07, 6.45) is -4.80. The molecule has 0 aliphatic carbocycles. The van der Waals surface area contributed by atoms with Gasteiger partial charge in [0.15, 0.2) is 5.58 Å². The zero-order valence-electron chi connectivity index (χ0n) is 11.4. The molecule has 0 amide bonds. The van der Waals surface area contributed by atoms with E-state index in [4.69, 9.17) is 20.9 Å². The largest absolute Gasteiger partial charge is 0.453 e. The highest BCUT2D eigenvalue weighted by molar-refractivity contribution is 6.29. The summed E-state index contributed by atoms with van der Waals surface area (Å²) in [6, 6.07) is 5.83. The predicted octanol–water partition coefficient (Wildman–Crippen LogP) is 3.21. The maximum Gasteiger partial charge on any atom is 0.453 e. The molecule has 3 rings (SSSR count). The number of halogens is 4. The second kappa shape index (κ2) is 5.27. The van der Waals surface area contributed by atoms with Gasteiger partial charge in [0.25, 0.3) is 5.88 Å². The minimum Gasteiger partial charge on any atom is -0.405 e. The normalized spacial score (nSPS) is 11.9. The van der Waals surface area contributed by atoms with Gasteiger partial charge in [0, 0.05) is 6.07 Å². The summed E-state index contributed by atoms with van der Waals surface area (Å²) < 4.78 is 43.8. The third-order valence-electron chi connectivity index (χ3n) is 2.88. The van der Waals surface area contributed by atoms with Gasteiger partial charge in [-0.15, -0.1) is 4.73 Å². The molecule has 1 aromatic carbocycles. The first kappa shape index (κ1) is 15.3. The second-order valence-corrected chi connectivity index (χ2v) is 4.91. The summed E-state index contributed by atoms with van der Waals surface area (Å²) in [5, 5.41) is -0.472. The van der Waals surface area contributed by atoms with Crippen LogP contribution in [0.15, 0.2) is 33.5 Å². The highest BCUT2D eigenvalue weighted by atomic mass is 35.5. The minimum atomic E-state index is -4.80. The van der Waals surface area contributed by atoms with E-state index in [1.807, 2.05) is 0 Å². The Bertz CT molecular complexity index is 949. The third-order valence-corrected chi connectivity index (χ3v) is 3.07. The Labute approximate surface area is 131 Å². The third kappa shape index (κ3) is 2.87. The van der Waals surface area contributed by atoms with Crippen LogP contribution in [0.2, 0.25) is 5.15 Å². The molecule has 23 heavy (non-hydrogen) atoms. The SMILES string of the molecule is Cc1cccc2oc(=O)n(Oc3cc(Cl)nc(C(F)(F)F)n3)c12. The summed E-state index contributed by atoms with van der Waals surface area (Å²) >= 11 is 5.54. The molecule has 0 aliphatic heterocycles. The van der Waals surface area contributed by atoms with Crippen LogP contribution < -0.4 is 10.6 Å². The molecule has 120 valence electrons. The van der Waals surface area contributed by atoms with E-state index < -0.39 is 28.8 Å². The first-order chi connectivity index (χ1) is 10.8. The standard InChI is InChI=1S/C13H7ClF3N3O3/c1-6-3-2-4-7-10(6)20(12(21)22-7)23-9-5-8(14)18-11(19-9)13(15,16)17/h2-5H,1H3. The van der Waals surface area contributed by atoms with Crippen molar-refractivity contribution in [2.24, 2.45) is 0 Å². The van der Waals surface area contributed by atoms with Crippen LogP contribution in [0.5, 0.6) is 5.88 Å².